The Hall–Kier alpha value is -4.50. The fraction of sp³-hybridized carbons (Fsp3) is 0.371. The highest BCUT2D eigenvalue weighted by Crippen LogP contribution is 2.37. The molecule has 2 aliphatic heterocycles. The van der Waals surface area contributed by atoms with Crippen molar-refractivity contribution in [3.63, 3.8) is 0 Å². The van der Waals surface area contributed by atoms with Crippen LogP contribution in [0.2, 0.25) is 0 Å². The van der Waals surface area contributed by atoms with Crippen molar-refractivity contribution >= 4 is 35.8 Å². The number of fused-ring (bicyclic) bond motifs is 1. The van der Waals surface area contributed by atoms with E-state index in [1.54, 1.807) is 18.9 Å². The summed E-state index contributed by atoms with van der Waals surface area (Å²) >= 11 is 0. The van der Waals surface area contributed by atoms with Crippen molar-refractivity contribution in [2.45, 2.75) is 56.8 Å². The summed E-state index contributed by atoms with van der Waals surface area (Å²) in [4.78, 5) is 48.7. The van der Waals surface area contributed by atoms with E-state index in [-0.39, 0.29) is 42.8 Å². The monoisotopic (exact) mass is 594 g/mol. The summed E-state index contributed by atoms with van der Waals surface area (Å²) in [7, 11) is 1.71. The van der Waals surface area contributed by atoms with Gasteiger partial charge in [-0.25, -0.2) is 0 Å². The number of hydrogen-bond donors (Lipinski definition) is 3. The number of hydrogen-bond acceptors (Lipinski definition) is 6. The lowest BCUT2D eigenvalue weighted by Crippen LogP contribution is -2.61. The van der Waals surface area contributed by atoms with Gasteiger partial charge in [0.05, 0.1) is 23.8 Å². The van der Waals surface area contributed by atoms with E-state index >= 15 is 0 Å². The second kappa shape index (κ2) is 14.3. The van der Waals surface area contributed by atoms with Crippen molar-refractivity contribution in [3.8, 4) is 11.1 Å². The molecule has 0 aliphatic carbocycles. The van der Waals surface area contributed by atoms with E-state index < -0.39 is 12.1 Å². The number of amides is 3. The van der Waals surface area contributed by atoms with Gasteiger partial charge >= 0.3 is 0 Å². The maximum Gasteiger partial charge on any atom is 0.247 e. The Bertz CT molecular complexity index is 1460. The molecule has 9 heteroatoms. The highest BCUT2D eigenvalue weighted by atomic mass is 16.2. The minimum absolute atomic E-state index is 0.0181. The van der Waals surface area contributed by atoms with E-state index in [1.165, 1.54) is 0 Å². The number of carbonyl (C=O) groups is 3. The number of aliphatic imine (C=N–C) groups is 1. The SMILES string of the molecule is C=Nc1c(NC[C@@H]2CC[C@@H]3CCN(C(=O)Cc4ccccc4)C[C@H](NC(=O)[C@H](C)NC)C(=O)N32)cccc1-c1ccccc1. The molecule has 9 nitrogen and oxygen atoms in total. The molecule has 0 bridgehead atoms. The molecule has 3 amide bonds. The first-order chi connectivity index (χ1) is 21.4. The van der Waals surface area contributed by atoms with E-state index in [2.05, 4.69) is 27.7 Å². The van der Waals surface area contributed by atoms with Crippen LogP contribution in [0.1, 0.15) is 31.7 Å². The second-order valence-electron chi connectivity index (χ2n) is 11.6. The van der Waals surface area contributed by atoms with E-state index in [0.29, 0.717) is 19.5 Å². The third-order valence-corrected chi connectivity index (χ3v) is 8.81. The maximum atomic E-state index is 14.2. The average Bonchev–Trinajstić information content (AvgIpc) is 3.46. The molecule has 2 fully saturated rings. The first-order valence-electron chi connectivity index (χ1n) is 15.4. The van der Waals surface area contributed by atoms with Crippen LogP contribution in [0.25, 0.3) is 11.1 Å². The van der Waals surface area contributed by atoms with Crippen LogP contribution >= 0.6 is 0 Å². The lowest BCUT2D eigenvalue weighted by atomic mass is 10.0. The first kappa shape index (κ1) is 30.9. The van der Waals surface area contributed by atoms with Crippen LogP contribution in [0.3, 0.4) is 0 Å². The summed E-state index contributed by atoms with van der Waals surface area (Å²) in [5.41, 5.74) is 4.59. The smallest absolute Gasteiger partial charge is 0.247 e. The number of rotatable bonds is 10. The number of benzene rings is 3. The standard InChI is InChI=1S/C35H42N6O3/c1-24(36-2)34(43)39-31-23-40(32(42)21-25-11-6-4-7-12-25)20-19-27-17-18-28(41(27)35(31)44)22-38-30-16-10-15-29(33(30)37-3)26-13-8-5-9-14-26/h4-16,24,27-28,31,36,38H,3,17-23H2,1-2H3,(H,39,43)/t24-,27+,28-,31-/m0/s1. The number of nitrogens with zero attached hydrogens (tertiary/aromatic N) is 3. The number of carbonyl (C=O) groups excluding carboxylic acids is 3. The van der Waals surface area contributed by atoms with E-state index in [4.69, 9.17) is 0 Å². The lowest BCUT2D eigenvalue weighted by Gasteiger charge is -2.39. The van der Waals surface area contributed by atoms with Crippen LogP contribution < -0.4 is 16.0 Å². The zero-order valence-corrected chi connectivity index (χ0v) is 25.5. The summed E-state index contributed by atoms with van der Waals surface area (Å²) in [6.45, 7) is 6.78. The Kier molecular flexibility index (Phi) is 10.1. The van der Waals surface area contributed by atoms with Gasteiger partial charge in [-0.1, -0.05) is 72.8 Å². The van der Waals surface area contributed by atoms with Crippen LogP contribution in [0.5, 0.6) is 0 Å². The van der Waals surface area contributed by atoms with Crippen LogP contribution in [-0.2, 0) is 20.8 Å². The Morgan fingerprint density at radius 1 is 0.977 bits per heavy atom. The fourth-order valence-electron chi connectivity index (χ4n) is 6.26. The predicted molar refractivity (Wildman–Crippen MR) is 175 cm³/mol. The number of anilines is 1. The van der Waals surface area contributed by atoms with Gasteiger partial charge in [-0.05, 0) is 57.1 Å². The molecule has 0 radical (unpaired) electrons. The molecule has 3 aromatic rings. The van der Waals surface area contributed by atoms with Gasteiger partial charge in [-0.15, -0.1) is 0 Å². The van der Waals surface area contributed by atoms with Gasteiger partial charge in [-0.3, -0.25) is 19.4 Å². The van der Waals surface area contributed by atoms with Crippen LogP contribution in [0.4, 0.5) is 11.4 Å². The minimum atomic E-state index is -0.840. The lowest BCUT2D eigenvalue weighted by molar-refractivity contribution is -0.143. The molecule has 0 saturated carbocycles. The predicted octanol–water partition coefficient (Wildman–Crippen LogP) is 4.02. The van der Waals surface area contributed by atoms with Gasteiger partial charge in [0.15, 0.2) is 0 Å². The third kappa shape index (κ3) is 7.00. The Morgan fingerprint density at radius 3 is 2.41 bits per heavy atom. The number of para-hydroxylation sites is 1. The first-order valence-corrected chi connectivity index (χ1v) is 15.4. The molecule has 230 valence electrons. The van der Waals surface area contributed by atoms with Crippen molar-refractivity contribution in [3.05, 3.63) is 84.4 Å². The van der Waals surface area contributed by atoms with Crippen molar-refractivity contribution in [1.29, 1.82) is 0 Å². The molecule has 3 aromatic carbocycles. The highest BCUT2D eigenvalue weighted by Gasteiger charge is 2.42. The molecule has 0 spiro atoms. The third-order valence-electron chi connectivity index (χ3n) is 8.81. The summed E-state index contributed by atoms with van der Waals surface area (Å²) in [5, 5.41) is 9.45. The van der Waals surface area contributed by atoms with Gasteiger partial charge in [-0.2, -0.15) is 0 Å². The Labute approximate surface area is 259 Å². The highest BCUT2D eigenvalue weighted by molar-refractivity contribution is 5.91. The number of likely N-dealkylation sites (N-methyl/N-ethyl adjacent to an activating group) is 1. The van der Waals surface area contributed by atoms with Gasteiger partial charge in [0.2, 0.25) is 17.7 Å². The molecule has 4 atom stereocenters. The number of nitrogens with one attached hydrogen (secondary N) is 3. The Balaban J connectivity index is 1.35. The molecule has 3 N–H and O–H groups in total. The maximum absolute atomic E-state index is 14.2. The van der Waals surface area contributed by atoms with Gasteiger partial charge in [0, 0.05) is 37.3 Å². The molecule has 0 aromatic heterocycles. The largest absolute Gasteiger partial charge is 0.381 e. The molecular formula is C35H42N6O3. The summed E-state index contributed by atoms with van der Waals surface area (Å²) < 4.78 is 0. The zero-order valence-electron chi connectivity index (χ0n) is 25.5. The van der Waals surface area contributed by atoms with Crippen molar-refractivity contribution in [1.82, 2.24) is 20.4 Å². The van der Waals surface area contributed by atoms with Crippen molar-refractivity contribution in [2.75, 3.05) is 32.0 Å². The molecule has 2 saturated heterocycles. The van der Waals surface area contributed by atoms with E-state index in [0.717, 1.165) is 40.9 Å². The molecular weight excluding hydrogens is 552 g/mol. The molecule has 5 rings (SSSR count). The average molecular weight is 595 g/mol. The second-order valence-corrected chi connectivity index (χ2v) is 11.6. The molecule has 2 heterocycles. The molecule has 2 aliphatic rings. The molecule has 0 unspecified atom stereocenters. The zero-order chi connectivity index (χ0) is 31.1. The van der Waals surface area contributed by atoms with E-state index in [9.17, 15) is 14.4 Å². The van der Waals surface area contributed by atoms with E-state index in [1.807, 2.05) is 83.8 Å². The molecule has 44 heavy (non-hydrogen) atoms. The van der Waals surface area contributed by atoms with Gasteiger partial charge in [0.1, 0.15) is 6.04 Å². The van der Waals surface area contributed by atoms with Crippen LogP contribution in [0.15, 0.2) is 83.9 Å². The summed E-state index contributed by atoms with van der Waals surface area (Å²) in [6, 6.07) is 24.3. The topological polar surface area (TPSA) is 106 Å². The Morgan fingerprint density at radius 2 is 1.70 bits per heavy atom. The van der Waals surface area contributed by atoms with Gasteiger partial charge < -0.3 is 25.8 Å². The van der Waals surface area contributed by atoms with Crippen LogP contribution in [0, 0.1) is 0 Å². The van der Waals surface area contributed by atoms with Crippen LogP contribution in [-0.4, -0.2) is 85.1 Å². The summed E-state index contributed by atoms with van der Waals surface area (Å²) in [6.07, 6.45) is 2.61. The summed E-state index contributed by atoms with van der Waals surface area (Å²) in [5.74, 6) is -0.461. The van der Waals surface area contributed by atoms with Crippen molar-refractivity contribution < 1.29 is 14.4 Å². The van der Waals surface area contributed by atoms with Crippen molar-refractivity contribution in [2.24, 2.45) is 4.99 Å². The normalized spacial score (nSPS) is 20.7. The fourth-order valence-corrected chi connectivity index (χ4v) is 6.26. The minimum Gasteiger partial charge on any atom is -0.381 e. The quantitative estimate of drug-likeness (QED) is 0.308. The van der Waals surface area contributed by atoms with Gasteiger partial charge in [0.25, 0.3) is 0 Å².